The van der Waals surface area contributed by atoms with E-state index in [2.05, 4.69) is 10.4 Å². The maximum Gasteiger partial charge on any atom is 0.391 e. The third kappa shape index (κ3) is 3.73. The second kappa shape index (κ2) is 5.73. The Morgan fingerprint density at radius 3 is 2.83 bits per heavy atom. The van der Waals surface area contributed by atoms with E-state index < -0.39 is 12.1 Å². The van der Waals surface area contributed by atoms with Gasteiger partial charge in [0.2, 0.25) is 0 Å². The van der Waals surface area contributed by atoms with Crippen molar-refractivity contribution in [3.05, 3.63) is 18.5 Å². The van der Waals surface area contributed by atoms with Crippen molar-refractivity contribution >= 4 is 0 Å². The standard InChI is InChI=1S/C12H18F3N3/c13-12(14,15)10-3-1-4-11(9-10)16-6-8-18-7-2-5-17-18/h2,5,7,10-11,16H,1,3-4,6,8-9H2. The van der Waals surface area contributed by atoms with Gasteiger partial charge >= 0.3 is 6.18 Å². The van der Waals surface area contributed by atoms with E-state index in [0.29, 0.717) is 19.5 Å². The number of rotatable bonds is 4. The van der Waals surface area contributed by atoms with Gasteiger partial charge < -0.3 is 5.32 Å². The highest BCUT2D eigenvalue weighted by Gasteiger charge is 2.41. The average Bonchev–Trinajstić information content (AvgIpc) is 2.81. The largest absolute Gasteiger partial charge is 0.391 e. The second-order valence-corrected chi connectivity index (χ2v) is 4.83. The lowest BCUT2D eigenvalue weighted by Crippen LogP contribution is -2.39. The average molecular weight is 261 g/mol. The van der Waals surface area contributed by atoms with Crippen LogP contribution in [0.25, 0.3) is 0 Å². The van der Waals surface area contributed by atoms with Crippen LogP contribution in [0.5, 0.6) is 0 Å². The Hall–Kier alpha value is -1.04. The molecule has 0 spiro atoms. The molecule has 0 amide bonds. The fourth-order valence-corrected chi connectivity index (χ4v) is 2.49. The van der Waals surface area contributed by atoms with Crippen LogP contribution in [0.1, 0.15) is 25.7 Å². The zero-order chi connectivity index (χ0) is 13.0. The summed E-state index contributed by atoms with van der Waals surface area (Å²) in [7, 11) is 0. The monoisotopic (exact) mass is 261 g/mol. The molecule has 1 N–H and O–H groups in total. The van der Waals surface area contributed by atoms with Gasteiger partial charge in [0.1, 0.15) is 0 Å². The molecule has 2 rings (SSSR count). The summed E-state index contributed by atoms with van der Waals surface area (Å²) in [6.45, 7) is 1.36. The minimum Gasteiger partial charge on any atom is -0.312 e. The summed E-state index contributed by atoms with van der Waals surface area (Å²) >= 11 is 0. The molecule has 1 fully saturated rings. The van der Waals surface area contributed by atoms with Crippen molar-refractivity contribution in [3.8, 4) is 0 Å². The summed E-state index contributed by atoms with van der Waals surface area (Å²) < 4.78 is 39.6. The second-order valence-electron chi connectivity index (χ2n) is 4.83. The van der Waals surface area contributed by atoms with Crippen molar-refractivity contribution in [1.29, 1.82) is 0 Å². The van der Waals surface area contributed by atoms with E-state index >= 15 is 0 Å². The molecule has 6 heteroatoms. The maximum atomic E-state index is 12.6. The Labute approximate surface area is 104 Å². The first kappa shape index (κ1) is 13.4. The molecule has 3 nitrogen and oxygen atoms in total. The predicted molar refractivity (Wildman–Crippen MR) is 62.0 cm³/mol. The quantitative estimate of drug-likeness (QED) is 0.902. The van der Waals surface area contributed by atoms with Crippen LogP contribution in [0.2, 0.25) is 0 Å². The van der Waals surface area contributed by atoms with Gasteiger partial charge in [-0.25, -0.2) is 0 Å². The molecule has 0 saturated heterocycles. The topological polar surface area (TPSA) is 29.9 Å². The molecule has 0 aliphatic heterocycles. The van der Waals surface area contributed by atoms with Crippen molar-refractivity contribution in [2.75, 3.05) is 6.54 Å². The molecule has 2 unspecified atom stereocenters. The highest BCUT2D eigenvalue weighted by Crippen LogP contribution is 2.37. The first-order valence-electron chi connectivity index (χ1n) is 6.33. The molecule has 1 aromatic rings. The Balaban J connectivity index is 1.73. The van der Waals surface area contributed by atoms with E-state index in [4.69, 9.17) is 0 Å². The Morgan fingerprint density at radius 2 is 2.17 bits per heavy atom. The van der Waals surface area contributed by atoms with Gasteiger partial charge in [-0.15, -0.1) is 0 Å². The number of alkyl halides is 3. The Kier molecular flexibility index (Phi) is 4.27. The molecule has 1 saturated carbocycles. The third-order valence-electron chi connectivity index (χ3n) is 3.47. The molecule has 102 valence electrons. The number of hydrogen-bond donors (Lipinski definition) is 1. The molecule has 2 atom stereocenters. The number of hydrogen-bond acceptors (Lipinski definition) is 2. The van der Waals surface area contributed by atoms with Crippen LogP contribution in [-0.2, 0) is 6.54 Å². The zero-order valence-electron chi connectivity index (χ0n) is 10.2. The highest BCUT2D eigenvalue weighted by molar-refractivity contribution is 4.82. The number of nitrogens with zero attached hydrogens (tertiary/aromatic N) is 2. The van der Waals surface area contributed by atoms with Gasteiger partial charge in [-0.1, -0.05) is 6.42 Å². The molecule has 1 aromatic heterocycles. The number of aromatic nitrogens is 2. The summed E-state index contributed by atoms with van der Waals surface area (Å²) in [6, 6.07) is 1.82. The van der Waals surface area contributed by atoms with Gasteiger partial charge in [0.25, 0.3) is 0 Å². The van der Waals surface area contributed by atoms with E-state index in [-0.39, 0.29) is 18.9 Å². The lowest BCUT2D eigenvalue weighted by Gasteiger charge is -2.31. The van der Waals surface area contributed by atoms with Gasteiger partial charge in [0.05, 0.1) is 12.5 Å². The SMILES string of the molecule is FC(F)(F)C1CCCC(NCCn2cccn2)C1. The smallest absolute Gasteiger partial charge is 0.312 e. The van der Waals surface area contributed by atoms with E-state index in [1.54, 1.807) is 10.9 Å². The van der Waals surface area contributed by atoms with Crippen molar-refractivity contribution < 1.29 is 13.2 Å². The molecule has 1 heterocycles. The fraction of sp³-hybridized carbons (Fsp3) is 0.750. The zero-order valence-corrected chi connectivity index (χ0v) is 10.2. The minimum absolute atomic E-state index is 0.0130. The van der Waals surface area contributed by atoms with Gasteiger partial charge in [-0.2, -0.15) is 18.3 Å². The first-order valence-corrected chi connectivity index (χ1v) is 6.33. The Morgan fingerprint density at radius 1 is 1.33 bits per heavy atom. The van der Waals surface area contributed by atoms with Gasteiger partial charge in [0, 0.05) is 25.0 Å². The molecular formula is C12H18F3N3. The molecule has 1 aliphatic rings. The van der Waals surface area contributed by atoms with E-state index in [1.807, 2.05) is 12.3 Å². The first-order chi connectivity index (χ1) is 8.55. The van der Waals surface area contributed by atoms with Crippen molar-refractivity contribution in [2.24, 2.45) is 5.92 Å². The van der Waals surface area contributed by atoms with Gasteiger partial charge in [-0.3, -0.25) is 4.68 Å². The normalized spacial score (nSPS) is 25.3. The summed E-state index contributed by atoms with van der Waals surface area (Å²) in [5.41, 5.74) is 0. The summed E-state index contributed by atoms with van der Waals surface area (Å²) in [4.78, 5) is 0. The van der Waals surface area contributed by atoms with Crippen molar-refractivity contribution in [1.82, 2.24) is 15.1 Å². The summed E-state index contributed by atoms with van der Waals surface area (Å²) in [6.07, 6.45) is 1.49. The maximum absolute atomic E-state index is 12.6. The molecule has 0 bridgehead atoms. The van der Waals surface area contributed by atoms with Crippen molar-refractivity contribution in [3.63, 3.8) is 0 Å². The molecule has 0 aromatic carbocycles. The Bertz CT molecular complexity index is 348. The van der Waals surface area contributed by atoms with Crippen LogP contribution in [-0.4, -0.2) is 28.5 Å². The lowest BCUT2D eigenvalue weighted by molar-refractivity contribution is -0.183. The van der Waals surface area contributed by atoms with E-state index in [9.17, 15) is 13.2 Å². The fourth-order valence-electron chi connectivity index (χ4n) is 2.49. The van der Waals surface area contributed by atoms with Crippen LogP contribution < -0.4 is 5.32 Å². The molecular weight excluding hydrogens is 243 g/mol. The number of halogens is 3. The minimum atomic E-state index is -4.04. The van der Waals surface area contributed by atoms with E-state index in [0.717, 1.165) is 6.42 Å². The van der Waals surface area contributed by atoms with E-state index in [1.165, 1.54) is 0 Å². The van der Waals surface area contributed by atoms with Crippen LogP contribution >= 0.6 is 0 Å². The lowest BCUT2D eigenvalue weighted by atomic mass is 9.85. The van der Waals surface area contributed by atoms with Gasteiger partial charge in [0.15, 0.2) is 0 Å². The van der Waals surface area contributed by atoms with Crippen LogP contribution in [0.4, 0.5) is 13.2 Å². The summed E-state index contributed by atoms with van der Waals surface area (Å²) in [5, 5.41) is 7.25. The van der Waals surface area contributed by atoms with Crippen LogP contribution in [0, 0.1) is 5.92 Å². The van der Waals surface area contributed by atoms with Gasteiger partial charge in [-0.05, 0) is 25.3 Å². The summed E-state index contributed by atoms with van der Waals surface area (Å²) in [5.74, 6) is -1.13. The van der Waals surface area contributed by atoms with Crippen LogP contribution in [0.15, 0.2) is 18.5 Å². The number of nitrogens with one attached hydrogen (secondary N) is 1. The third-order valence-corrected chi connectivity index (χ3v) is 3.47. The highest BCUT2D eigenvalue weighted by atomic mass is 19.4. The molecule has 0 radical (unpaired) electrons. The molecule has 18 heavy (non-hydrogen) atoms. The molecule has 1 aliphatic carbocycles. The van der Waals surface area contributed by atoms with Crippen molar-refractivity contribution in [2.45, 2.75) is 44.4 Å². The predicted octanol–water partition coefficient (Wildman–Crippen LogP) is 2.59. The van der Waals surface area contributed by atoms with Crippen LogP contribution in [0.3, 0.4) is 0 Å².